The molecular weight excluding hydrogens is 434 g/mol. The topological polar surface area (TPSA) is 79.5 Å². The van der Waals surface area contributed by atoms with Crippen molar-refractivity contribution in [2.24, 2.45) is 5.92 Å². The number of carbonyl (C=O) groups is 2. The van der Waals surface area contributed by atoms with Gasteiger partial charge in [0.05, 0.1) is 12.0 Å². The number of ether oxygens (including phenoxy) is 1. The van der Waals surface area contributed by atoms with Crippen molar-refractivity contribution >= 4 is 34.8 Å². The van der Waals surface area contributed by atoms with Gasteiger partial charge in [0.15, 0.2) is 5.11 Å². The number of carbonyl (C=O) groups excluding carboxylic acids is 2. The van der Waals surface area contributed by atoms with Crippen LogP contribution in [0.15, 0.2) is 48.5 Å². The molecule has 1 fully saturated rings. The number of rotatable bonds is 8. The van der Waals surface area contributed by atoms with Crippen LogP contribution in [0, 0.1) is 5.92 Å². The number of benzene rings is 2. The summed E-state index contributed by atoms with van der Waals surface area (Å²) in [6.07, 6.45) is 3.15. The van der Waals surface area contributed by atoms with Gasteiger partial charge in [-0.05, 0) is 79.7 Å². The first-order chi connectivity index (χ1) is 15.8. The van der Waals surface area contributed by atoms with Crippen LogP contribution in [0.3, 0.4) is 0 Å². The Morgan fingerprint density at radius 1 is 1.06 bits per heavy atom. The zero-order valence-corrected chi connectivity index (χ0v) is 20.3. The van der Waals surface area contributed by atoms with E-state index >= 15 is 0 Å². The minimum atomic E-state index is -0.326. The lowest BCUT2D eigenvalue weighted by Gasteiger charge is -2.15. The van der Waals surface area contributed by atoms with E-state index in [1.165, 1.54) is 5.56 Å². The highest BCUT2D eigenvalue weighted by atomic mass is 32.1. The lowest BCUT2D eigenvalue weighted by molar-refractivity contribution is -0.120. The summed E-state index contributed by atoms with van der Waals surface area (Å²) in [5, 5.41) is 8.87. The number of amides is 2. The van der Waals surface area contributed by atoms with Crippen LogP contribution in [0.1, 0.15) is 61.0 Å². The summed E-state index contributed by atoms with van der Waals surface area (Å²) in [6.45, 7) is 7.52. The van der Waals surface area contributed by atoms with Crippen LogP contribution < -0.4 is 16.0 Å². The molecule has 0 aromatic heterocycles. The minimum absolute atomic E-state index is 0.108. The highest BCUT2D eigenvalue weighted by molar-refractivity contribution is 7.80. The van der Waals surface area contributed by atoms with Crippen LogP contribution in [0.2, 0.25) is 0 Å². The first-order valence-electron chi connectivity index (χ1n) is 11.5. The molecular formula is C26H33N3O3S. The van der Waals surface area contributed by atoms with E-state index in [2.05, 4.69) is 41.9 Å². The van der Waals surface area contributed by atoms with Crippen LogP contribution >= 0.6 is 12.2 Å². The summed E-state index contributed by atoms with van der Waals surface area (Å²) in [5.41, 5.74) is 3.47. The predicted octanol–water partition coefficient (Wildman–Crippen LogP) is 4.41. The number of thiocarbonyl (C=S) groups is 1. The van der Waals surface area contributed by atoms with E-state index in [1.807, 2.05) is 19.1 Å². The Morgan fingerprint density at radius 3 is 2.36 bits per heavy atom. The molecule has 1 aliphatic rings. The average molecular weight is 468 g/mol. The first-order valence-corrected chi connectivity index (χ1v) is 11.9. The third-order valence-electron chi connectivity index (χ3n) is 5.67. The molecule has 1 heterocycles. The standard InChI is InChI=1S/C26H33N3O3S/c1-17(2)15-19-6-8-20(9-7-19)18(3)24(30)29-26(33)28-22-12-10-21(11-13-22)25(31)27-16-23-5-4-14-32-23/h6-13,17-18,23H,4-5,14-16H2,1-3H3,(H,27,31)(H2,28,29,30,33). The highest BCUT2D eigenvalue weighted by Gasteiger charge is 2.18. The van der Waals surface area contributed by atoms with Crippen molar-refractivity contribution in [3.8, 4) is 0 Å². The van der Waals surface area contributed by atoms with E-state index in [-0.39, 0.29) is 28.9 Å². The average Bonchev–Trinajstić information content (AvgIpc) is 3.31. The molecule has 0 aliphatic carbocycles. The van der Waals surface area contributed by atoms with Crippen LogP contribution in [0.25, 0.3) is 0 Å². The minimum Gasteiger partial charge on any atom is -0.376 e. The van der Waals surface area contributed by atoms with Crippen LogP contribution in [-0.2, 0) is 16.0 Å². The van der Waals surface area contributed by atoms with Gasteiger partial charge in [-0.2, -0.15) is 0 Å². The molecule has 1 saturated heterocycles. The second-order valence-electron chi connectivity index (χ2n) is 8.93. The summed E-state index contributed by atoms with van der Waals surface area (Å²) in [6, 6.07) is 15.1. The fraction of sp³-hybridized carbons (Fsp3) is 0.423. The van der Waals surface area contributed by atoms with Gasteiger partial charge in [0.1, 0.15) is 0 Å². The Balaban J connectivity index is 1.47. The number of anilines is 1. The van der Waals surface area contributed by atoms with E-state index in [1.54, 1.807) is 24.3 Å². The van der Waals surface area contributed by atoms with E-state index in [0.717, 1.165) is 31.4 Å². The lowest BCUT2D eigenvalue weighted by atomic mass is 9.96. The largest absolute Gasteiger partial charge is 0.376 e. The fourth-order valence-electron chi connectivity index (χ4n) is 3.77. The molecule has 7 heteroatoms. The predicted molar refractivity (Wildman–Crippen MR) is 136 cm³/mol. The summed E-state index contributed by atoms with van der Waals surface area (Å²) in [4.78, 5) is 24.9. The van der Waals surface area contributed by atoms with Gasteiger partial charge in [0, 0.05) is 24.4 Å². The molecule has 1 aliphatic heterocycles. The molecule has 176 valence electrons. The second kappa shape index (κ2) is 11.9. The molecule has 0 bridgehead atoms. The molecule has 0 spiro atoms. The maximum Gasteiger partial charge on any atom is 0.251 e. The Labute approximate surface area is 201 Å². The van der Waals surface area contributed by atoms with Gasteiger partial charge in [-0.1, -0.05) is 38.1 Å². The first kappa shape index (κ1) is 24.9. The second-order valence-corrected chi connectivity index (χ2v) is 9.34. The summed E-state index contributed by atoms with van der Waals surface area (Å²) in [5.74, 6) is -0.0434. The monoisotopic (exact) mass is 467 g/mol. The van der Waals surface area contributed by atoms with Gasteiger partial charge in [0.2, 0.25) is 5.91 Å². The molecule has 0 saturated carbocycles. The van der Waals surface area contributed by atoms with Crippen LogP contribution in [0.4, 0.5) is 5.69 Å². The smallest absolute Gasteiger partial charge is 0.251 e. The fourth-order valence-corrected chi connectivity index (χ4v) is 3.98. The van der Waals surface area contributed by atoms with Crippen molar-refractivity contribution in [3.05, 3.63) is 65.2 Å². The molecule has 2 atom stereocenters. The van der Waals surface area contributed by atoms with Crippen molar-refractivity contribution in [1.29, 1.82) is 0 Å². The van der Waals surface area contributed by atoms with Crippen LogP contribution in [-0.4, -0.2) is 36.2 Å². The highest BCUT2D eigenvalue weighted by Crippen LogP contribution is 2.18. The lowest BCUT2D eigenvalue weighted by Crippen LogP contribution is -2.36. The van der Waals surface area contributed by atoms with Crippen molar-refractivity contribution < 1.29 is 14.3 Å². The Kier molecular flexibility index (Phi) is 8.97. The van der Waals surface area contributed by atoms with Gasteiger partial charge in [-0.25, -0.2) is 0 Å². The molecule has 2 unspecified atom stereocenters. The van der Waals surface area contributed by atoms with E-state index < -0.39 is 0 Å². The molecule has 3 rings (SSSR count). The Bertz CT molecular complexity index is 952. The number of hydrogen-bond donors (Lipinski definition) is 3. The molecule has 0 radical (unpaired) electrons. The van der Waals surface area contributed by atoms with Gasteiger partial charge in [-0.3, -0.25) is 9.59 Å². The summed E-state index contributed by atoms with van der Waals surface area (Å²) in [7, 11) is 0. The third kappa shape index (κ3) is 7.65. The molecule has 33 heavy (non-hydrogen) atoms. The normalized spacial score (nSPS) is 16.3. The van der Waals surface area contributed by atoms with E-state index in [4.69, 9.17) is 17.0 Å². The van der Waals surface area contributed by atoms with Crippen LogP contribution in [0.5, 0.6) is 0 Å². The zero-order chi connectivity index (χ0) is 23.8. The van der Waals surface area contributed by atoms with E-state index in [9.17, 15) is 9.59 Å². The van der Waals surface area contributed by atoms with E-state index in [0.29, 0.717) is 23.7 Å². The van der Waals surface area contributed by atoms with Crippen molar-refractivity contribution in [2.45, 2.75) is 52.1 Å². The van der Waals surface area contributed by atoms with Gasteiger partial charge >= 0.3 is 0 Å². The maximum atomic E-state index is 12.6. The van der Waals surface area contributed by atoms with Crippen molar-refractivity contribution in [3.63, 3.8) is 0 Å². The molecule has 2 aromatic rings. The molecule has 2 aromatic carbocycles. The molecule has 2 amide bonds. The summed E-state index contributed by atoms with van der Waals surface area (Å²) < 4.78 is 5.52. The molecule has 6 nitrogen and oxygen atoms in total. The zero-order valence-electron chi connectivity index (χ0n) is 19.5. The Morgan fingerprint density at radius 2 is 1.76 bits per heavy atom. The maximum absolute atomic E-state index is 12.6. The van der Waals surface area contributed by atoms with Crippen molar-refractivity contribution in [2.75, 3.05) is 18.5 Å². The van der Waals surface area contributed by atoms with Crippen molar-refractivity contribution in [1.82, 2.24) is 10.6 Å². The molecule has 3 N–H and O–H groups in total. The Hall–Kier alpha value is -2.77. The SMILES string of the molecule is CC(C)Cc1ccc(C(C)C(=O)NC(=S)Nc2ccc(C(=O)NCC3CCCO3)cc2)cc1. The van der Waals surface area contributed by atoms with Gasteiger partial charge in [-0.15, -0.1) is 0 Å². The summed E-state index contributed by atoms with van der Waals surface area (Å²) >= 11 is 5.30. The third-order valence-corrected chi connectivity index (χ3v) is 5.88. The quantitative estimate of drug-likeness (QED) is 0.501. The van der Waals surface area contributed by atoms with Gasteiger partial charge in [0.25, 0.3) is 5.91 Å². The number of nitrogens with one attached hydrogen (secondary N) is 3. The van der Waals surface area contributed by atoms with Gasteiger partial charge < -0.3 is 20.7 Å². The number of hydrogen-bond acceptors (Lipinski definition) is 4.